The average molecular weight is 548 g/mol. The first-order valence-electron chi connectivity index (χ1n) is 12.7. The largest absolute Gasteiger partial charge is 0.444 e. The summed E-state index contributed by atoms with van der Waals surface area (Å²) in [6, 6.07) is 16.0. The molecule has 0 aliphatic rings. The van der Waals surface area contributed by atoms with Crippen LogP contribution in [0.4, 0.5) is 4.79 Å². The average Bonchev–Trinajstić information content (AvgIpc) is 2.82. The van der Waals surface area contributed by atoms with E-state index in [1.165, 1.54) is 22.1 Å². The summed E-state index contributed by atoms with van der Waals surface area (Å²) in [5.74, 6) is 0. The standard InChI is InChI=1S/C28H41N3O6S/c1-27(2,3)36-26(33)30(20-18-29-38(34,35)25-12-8-7-9-13-25)19-10-11-23-14-16-24(17-15-23)21-31(22-32)37-28(4,5)6/h7-9,12-17,22,29H,10-11,18-21H2,1-6H3. The molecule has 38 heavy (non-hydrogen) atoms. The molecule has 0 unspecified atom stereocenters. The molecule has 2 amide bonds. The molecule has 2 aromatic rings. The Kier molecular flexibility index (Phi) is 11.3. The molecule has 9 nitrogen and oxygen atoms in total. The fourth-order valence-corrected chi connectivity index (χ4v) is 4.57. The first-order chi connectivity index (χ1) is 17.7. The number of amides is 2. The summed E-state index contributed by atoms with van der Waals surface area (Å²) >= 11 is 0. The number of benzene rings is 2. The van der Waals surface area contributed by atoms with Gasteiger partial charge in [-0.2, -0.15) is 0 Å². The van der Waals surface area contributed by atoms with Crippen molar-refractivity contribution < 1.29 is 27.6 Å². The van der Waals surface area contributed by atoms with Crippen molar-refractivity contribution in [2.75, 3.05) is 19.6 Å². The van der Waals surface area contributed by atoms with Crippen LogP contribution in [0.15, 0.2) is 59.5 Å². The molecule has 10 heteroatoms. The molecule has 0 aliphatic carbocycles. The number of carbonyl (C=O) groups is 2. The van der Waals surface area contributed by atoms with E-state index in [2.05, 4.69) is 4.72 Å². The number of hydrogen-bond donors (Lipinski definition) is 1. The summed E-state index contributed by atoms with van der Waals surface area (Å²) in [6.07, 6.45) is 1.56. The Morgan fingerprint density at radius 2 is 1.50 bits per heavy atom. The van der Waals surface area contributed by atoms with E-state index in [0.717, 1.165) is 11.1 Å². The number of ether oxygens (including phenoxy) is 1. The molecular weight excluding hydrogens is 506 g/mol. The first-order valence-corrected chi connectivity index (χ1v) is 14.2. The summed E-state index contributed by atoms with van der Waals surface area (Å²) < 4.78 is 33.1. The second-order valence-electron chi connectivity index (χ2n) is 11.0. The van der Waals surface area contributed by atoms with Gasteiger partial charge in [0.05, 0.1) is 17.0 Å². The Morgan fingerprint density at radius 3 is 2.05 bits per heavy atom. The smallest absolute Gasteiger partial charge is 0.410 e. The predicted octanol–water partition coefficient (Wildman–Crippen LogP) is 4.52. The summed E-state index contributed by atoms with van der Waals surface area (Å²) in [4.78, 5) is 31.4. The Hall–Kier alpha value is -2.95. The lowest BCUT2D eigenvalue weighted by atomic mass is 10.1. The number of nitrogens with one attached hydrogen (secondary N) is 1. The van der Waals surface area contributed by atoms with Gasteiger partial charge in [-0.15, -0.1) is 0 Å². The van der Waals surface area contributed by atoms with Crippen LogP contribution in [-0.2, 0) is 37.4 Å². The van der Waals surface area contributed by atoms with Crippen LogP contribution in [0.1, 0.15) is 59.1 Å². The maximum atomic E-state index is 12.8. The van der Waals surface area contributed by atoms with Gasteiger partial charge in [0.15, 0.2) is 0 Å². The van der Waals surface area contributed by atoms with E-state index >= 15 is 0 Å². The van der Waals surface area contributed by atoms with Crippen LogP contribution in [0.25, 0.3) is 0 Å². The quantitative estimate of drug-likeness (QED) is 0.292. The highest BCUT2D eigenvalue weighted by atomic mass is 32.2. The number of hydroxylamine groups is 2. The molecule has 0 saturated heterocycles. The molecule has 2 aromatic carbocycles. The lowest BCUT2D eigenvalue weighted by Crippen LogP contribution is -2.42. The van der Waals surface area contributed by atoms with Gasteiger partial charge >= 0.3 is 6.09 Å². The number of carbonyl (C=O) groups excluding carboxylic acids is 2. The summed E-state index contributed by atoms with van der Waals surface area (Å²) in [5.41, 5.74) is 0.881. The number of sulfonamides is 1. The van der Waals surface area contributed by atoms with Crippen LogP contribution in [-0.4, -0.2) is 61.7 Å². The molecule has 0 spiro atoms. The van der Waals surface area contributed by atoms with Crippen LogP contribution in [0.5, 0.6) is 0 Å². The Balaban J connectivity index is 1.94. The predicted molar refractivity (Wildman–Crippen MR) is 147 cm³/mol. The van der Waals surface area contributed by atoms with Gasteiger partial charge in [-0.3, -0.25) is 9.63 Å². The number of nitrogens with zero attached hydrogens (tertiary/aromatic N) is 2. The first kappa shape index (κ1) is 31.3. The SMILES string of the molecule is CC(C)(C)OC(=O)N(CCCc1ccc(CN(C=O)OC(C)(C)C)cc1)CCNS(=O)(=O)c1ccccc1. The van der Waals surface area contributed by atoms with Crippen molar-refractivity contribution in [2.45, 2.75) is 77.0 Å². The minimum absolute atomic E-state index is 0.0645. The van der Waals surface area contributed by atoms with E-state index in [1.807, 2.05) is 45.0 Å². The van der Waals surface area contributed by atoms with Crippen molar-refractivity contribution in [3.63, 3.8) is 0 Å². The Morgan fingerprint density at radius 1 is 0.895 bits per heavy atom. The van der Waals surface area contributed by atoms with Gasteiger partial charge in [-0.1, -0.05) is 42.5 Å². The third-order valence-corrected chi connectivity index (χ3v) is 6.62. The van der Waals surface area contributed by atoms with E-state index in [9.17, 15) is 18.0 Å². The lowest BCUT2D eigenvalue weighted by molar-refractivity contribution is -0.220. The maximum absolute atomic E-state index is 12.8. The highest BCUT2D eigenvalue weighted by Crippen LogP contribution is 2.15. The van der Waals surface area contributed by atoms with Crippen LogP contribution in [0.2, 0.25) is 0 Å². The minimum Gasteiger partial charge on any atom is -0.444 e. The van der Waals surface area contributed by atoms with Crippen molar-refractivity contribution >= 4 is 22.5 Å². The summed E-state index contributed by atoms with van der Waals surface area (Å²) in [6.45, 7) is 12.0. The van der Waals surface area contributed by atoms with E-state index < -0.39 is 27.3 Å². The highest BCUT2D eigenvalue weighted by molar-refractivity contribution is 7.89. The second-order valence-corrected chi connectivity index (χ2v) is 12.7. The zero-order valence-electron chi connectivity index (χ0n) is 23.3. The van der Waals surface area contributed by atoms with Crippen LogP contribution >= 0.6 is 0 Å². The fraction of sp³-hybridized carbons (Fsp3) is 0.500. The van der Waals surface area contributed by atoms with Gasteiger partial charge in [0.1, 0.15) is 5.60 Å². The molecule has 1 N–H and O–H groups in total. The van der Waals surface area contributed by atoms with Crippen molar-refractivity contribution in [3.8, 4) is 0 Å². The van der Waals surface area contributed by atoms with Crippen molar-refractivity contribution in [1.29, 1.82) is 0 Å². The maximum Gasteiger partial charge on any atom is 0.410 e. The third kappa shape index (κ3) is 11.6. The van der Waals surface area contributed by atoms with E-state index in [-0.39, 0.29) is 18.0 Å². The van der Waals surface area contributed by atoms with Crippen molar-refractivity contribution in [3.05, 3.63) is 65.7 Å². The fourth-order valence-electron chi connectivity index (χ4n) is 3.53. The molecular formula is C28H41N3O6S. The van der Waals surface area contributed by atoms with Gasteiger partial charge in [-0.25, -0.2) is 23.0 Å². The minimum atomic E-state index is -3.67. The monoisotopic (exact) mass is 547 g/mol. The molecule has 0 saturated carbocycles. The third-order valence-electron chi connectivity index (χ3n) is 5.14. The van der Waals surface area contributed by atoms with Crippen LogP contribution in [0, 0.1) is 0 Å². The van der Waals surface area contributed by atoms with Gasteiger partial charge in [0.2, 0.25) is 16.4 Å². The Labute approximate surface area is 227 Å². The molecule has 0 atom stereocenters. The highest BCUT2D eigenvalue weighted by Gasteiger charge is 2.23. The molecule has 0 radical (unpaired) electrons. The van der Waals surface area contributed by atoms with Gasteiger partial charge in [-0.05, 0) is 77.6 Å². The van der Waals surface area contributed by atoms with Crippen molar-refractivity contribution in [1.82, 2.24) is 14.7 Å². The zero-order chi connectivity index (χ0) is 28.4. The number of aryl methyl sites for hydroxylation is 1. The molecule has 0 bridgehead atoms. The van der Waals surface area contributed by atoms with Gasteiger partial charge in [0.25, 0.3) is 0 Å². The zero-order valence-corrected chi connectivity index (χ0v) is 24.1. The molecule has 2 rings (SSSR count). The molecule has 0 aliphatic heterocycles. The van der Waals surface area contributed by atoms with E-state index in [0.29, 0.717) is 32.3 Å². The summed E-state index contributed by atoms with van der Waals surface area (Å²) in [5, 5.41) is 1.28. The van der Waals surface area contributed by atoms with E-state index in [1.54, 1.807) is 39.0 Å². The Bertz CT molecular complexity index is 1120. The number of rotatable bonds is 13. The normalized spacial score (nSPS) is 12.2. The van der Waals surface area contributed by atoms with Crippen molar-refractivity contribution in [2.24, 2.45) is 0 Å². The van der Waals surface area contributed by atoms with Gasteiger partial charge < -0.3 is 9.64 Å². The molecule has 0 fully saturated rings. The van der Waals surface area contributed by atoms with Crippen LogP contribution < -0.4 is 4.72 Å². The van der Waals surface area contributed by atoms with Gasteiger partial charge in [0, 0.05) is 19.6 Å². The van der Waals surface area contributed by atoms with E-state index in [4.69, 9.17) is 9.57 Å². The molecule has 0 aromatic heterocycles. The second kappa shape index (κ2) is 13.7. The molecule has 0 heterocycles. The molecule has 210 valence electrons. The topological polar surface area (TPSA) is 105 Å². The summed E-state index contributed by atoms with van der Waals surface area (Å²) in [7, 11) is -3.67. The lowest BCUT2D eigenvalue weighted by Gasteiger charge is -2.27. The number of hydrogen-bond acceptors (Lipinski definition) is 6. The van der Waals surface area contributed by atoms with Crippen LogP contribution in [0.3, 0.4) is 0 Å².